The summed E-state index contributed by atoms with van der Waals surface area (Å²) < 4.78 is 58.9. The molecular formula is C27H31F3O3S2. The minimum atomic E-state index is -6.09. The van der Waals surface area contributed by atoms with Crippen LogP contribution in [-0.2, 0) is 31.8 Å². The largest absolute Gasteiger partial charge is 0.741 e. The Hall–Kier alpha value is -2.29. The van der Waals surface area contributed by atoms with Crippen LogP contribution in [-0.4, -0.2) is 18.5 Å². The second-order valence-electron chi connectivity index (χ2n) is 10.1. The normalized spacial score (nSPS) is 12.8. The molecule has 0 unspecified atom stereocenters. The number of hydrogen-bond donors (Lipinski definition) is 0. The van der Waals surface area contributed by atoms with E-state index in [1.807, 2.05) is 0 Å². The maximum absolute atomic E-state index is 10.7. The number of halogens is 3. The van der Waals surface area contributed by atoms with Gasteiger partial charge in [0.1, 0.15) is 0 Å². The molecule has 0 N–H and O–H groups in total. The summed E-state index contributed by atoms with van der Waals surface area (Å²) in [5.41, 5.74) is -2.53. The van der Waals surface area contributed by atoms with Crippen LogP contribution in [0.2, 0.25) is 0 Å². The lowest BCUT2D eigenvalue weighted by molar-refractivity contribution is -0.0517. The van der Waals surface area contributed by atoms with Gasteiger partial charge in [0.15, 0.2) is 24.8 Å². The number of benzene rings is 3. The monoisotopic (exact) mass is 524 g/mol. The molecule has 0 radical (unpaired) electrons. The molecule has 0 heterocycles. The molecule has 8 heteroatoms. The van der Waals surface area contributed by atoms with Crippen LogP contribution in [0.5, 0.6) is 0 Å². The predicted octanol–water partition coefficient (Wildman–Crippen LogP) is 7.43. The highest BCUT2D eigenvalue weighted by Crippen LogP contribution is 2.34. The Morgan fingerprint density at radius 2 is 0.886 bits per heavy atom. The zero-order chi connectivity index (χ0) is 26.7. The summed E-state index contributed by atoms with van der Waals surface area (Å²) in [4.78, 5) is 4.11. The zero-order valence-electron chi connectivity index (χ0n) is 20.7. The van der Waals surface area contributed by atoms with E-state index in [0.717, 1.165) is 0 Å². The van der Waals surface area contributed by atoms with Crippen LogP contribution < -0.4 is 0 Å². The molecule has 0 aliphatic rings. The predicted molar refractivity (Wildman–Crippen MR) is 135 cm³/mol. The van der Waals surface area contributed by atoms with Gasteiger partial charge in [-0.3, -0.25) is 0 Å². The smallest absolute Gasteiger partial charge is 0.485 e. The van der Waals surface area contributed by atoms with Crippen molar-refractivity contribution in [3.05, 3.63) is 90.0 Å². The average Bonchev–Trinajstić information content (AvgIpc) is 2.73. The maximum atomic E-state index is 10.7. The fourth-order valence-electron chi connectivity index (χ4n) is 3.15. The quantitative estimate of drug-likeness (QED) is 0.203. The van der Waals surface area contributed by atoms with Crippen molar-refractivity contribution in [2.75, 3.05) is 0 Å². The van der Waals surface area contributed by atoms with Crippen LogP contribution in [0.3, 0.4) is 0 Å². The first-order valence-electron chi connectivity index (χ1n) is 10.9. The highest BCUT2D eigenvalue weighted by Gasteiger charge is 2.37. The first-order chi connectivity index (χ1) is 15.9. The summed E-state index contributed by atoms with van der Waals surface area (Å²) in [7, 11) is -6.18. The zero-order valence-corrected chi connectivity index (χ0v) is 22.3. The van der Waals surface area contributed by atoms with E-state index in [1.54, 1.807) is 0 Å². The molecule has 3 nitrogen and oxygen atoms in total. The van der Waals surface area contributed by atoms with Crippen molar-refractivity contribution in [1.29, 1.82) is 0 Å². The average molecular weight is 525 g/mol. The van der Waals surface area contributed by atoms with Crippen molar-refractivity contribution >= 4 is 21.0 Å². The summed E-state index contributed by atoms with van der Waals surface area (Å²) in [5.74, 6) is 0. The van der Waals surface area contributed by atoms with Crippen molar-refractivity contribution in [1.82, 2.24) is 0 Å². The van der Waals surface area contributed by atoms with E-state index in [-0.39, 0.29) is 21.7 Å². The Labute approximate surface area is 209 Å². The van der Waals surface area contributed by atoms with Gasteiger partial charge >= 0.3 is 5.51 Å². The van der Waals surface area contributed by atoms with Crippen molar-refractivity contribution < 1.29 is 26.1 Å². The van der Waals surface area contributed by atoms with Gasteiger partial charge in [-0.25, -0.2) is 8.42 Å². The van der Waals surface area contributed by atoms with Crippen LogP contribution in [0.4, 0.5) is 13.2 Å². The molecule has 3 aromatic carbocycles. The van der Waals surface area contributed by atoms with Crippen LogP contribution in [0.15, 0.2) is 93.5 Å². The topological polar surface area (TPSA) is 57.2 Å². The SMILES string of the molecule is CC(C)(C)c1ccc([S+](c2ccccc2)c2ccc(C(C)(C)C)cc2)cc1.O=S(=O)([O-])C(F)(F)F. The molecule has 3 aromatic rings. The maximum Gasteiger partial charge on any atom is 0.485 e. The van der Waals surface area contributed by atoms with E-state index in [2.05, 4.69) is 120 Å². The highest BCUT2D eigenvalue weighted by molar-refractivity contribution is 7.97. The van der Waals surface area contributed by atoms with Gasteiger partial charge in [0.2, 0.25) is 0 Å². The Morgan fingerprint density at radius 1 is 0.600 bits per heavy atom. The third-order valence-corrected chi connectivity index (χ3v) is 7.97. The minimum Gasteiger partial charge on any atom is -0.741 e. The van der Waals surface area contributed by atoms with Gasteiger partial charge in [0, 0.05) is 0 Å². The van der Waals surface area contributed by atoms with Crippen molar-refractivity contribution in [3.63, 3.8) is 0 Å². The van der Waals surface area contributed by atoms with Gasteiger partial charge in [0.25, 0.3) is 0 Å². The first kappa shape index (κ1) is 28.9. The molecule has 0 aromatic heterocycles. The Morgan fingerprint density at radius 3 is 1.14 bits per heavy atom. The molecule has 0 saturated heterocycles. The van der Waals surface area contributed by atoms with E-state index >= 15 is 0 Å². The lowest BCUT2D eigenvalue weighted by Crippen LogP contribution is -2.21. The molecule has 0 fully saturated rings. The second kappa shape index (κ2) is 10.8. The molecule has 0 bridgehead atoms. The summed E-state index contributed by atoms with van der Waals surface area (Å²) in [6.07, 6.45) is 0. The number of alkyl halides is 3. The fraction of sp³-hybridized carbons (Fsp3) is 0.333. The number of hydrogen-bond acceptors (Lipinski definition) is 3. The molecule has 0 amide bonds. The van der Waals surface area contributed by atoms with Crippen molar-refractivity contribution in [3.8, 4) is 0 Å². The summed E-state index contributed by atoms with van der Waals surface area (Å²) in [6, 6.07) is 29.3. The Balaban J connectivity index is 0.000000466. The van der Waals surface area contributed by atoms with Crippen LogP contribution in [0, 0.1) is 0 Å². The molecule has 3 rings (SSSR count). The van der Waals surface area contributed by atoms with E-state index in [9.17, 15) is 13.2 Å². The Bertz CT molecular complexity index is 1130. The van der Waals surface area contributed by atoms with Gasteiger partial charge < -0.3 is 4.55 Å². The van der Waals surface area contributed by atoms with Crippen LogP contribution in [0.1, 0.15) is 52.7 Å². The van der Waals surface area contributed by atoms with Crippen molar-refractivity contribution in [2.45, 2.75) is 72.6 Å². The third-order valence-electron chi connectivity index (χ3n) is 5.17. The van der Waals surface area contributed by atoms with E-state index < -0.39 is 15.6 Å². The molecule has 0 aliphatic heterocycles. The van der Waals surface area contributed by atoms with Gasteiger partial charge in [-0.15, -0.1) is 0 Å². The van der Waals surface area contributed by atoms with Gasteiger partial charge in [-0.2, -0.15) is 13.2 Å². The summed E-state index contributed by atoms with van der Waals surface area (Å²) in [5, 5.41) is 0. The van der Waals surface area contributed by atoms with Crippen molar-refractivity contribution in [2.24, 2.45) is 0 Å². The van der Waals surface area contributed by atoms with Crippen LogP contribution >= 0.6 is 0 Å². The summed E-state index contributed by atoms with van der Waals surface area (Å²) in [6.45, 7) is 13.6. The molecule has 0 saturated carbocycles. The molecule has 0 atom stereocenters. The molecule has 190 valence electrons. The third kappa shape index (κ3) is 8.12. The standard InChI is InChI=1S/C26H31S.CHF3O3S/c1-25(2,3)20-12-16-23(17-13-20)27(22-10-8-7-9-11-22)24-18-14-21(15-19-24)26(4,5)6;2-1(3,4)8(5,6)7/h7-19H,1-6H3;(H,5,6,7)/q+1;/p-1. The molecular weight excluding hydrogens is 493 g/mol. The first-order valence-corrected chi connectivity index (χ1v) is 13.6. The van der Waals surface area contributed by atoms with E-state index in [4.69, 9.17) is 13.0 Å². The van der Waals surface area contributed by atoms with Crippen LogP contribution in [0.25, 0.3) is 0 Å². The molecule has 0 aliphatic carbocycles. The minimum absolute atomic E-state index is 0.0847. The molecule has 0 spiro atoms. The van der Waals surface area contributed by atoms with Gasteiger partial charge in [0.05, 0.1) is 10.9 Å². The summed E-state index contributed by atoms with van der Waals surface area (Å²) >= 11 is 0. The highest BCUT2D eigenvalue weighted by atomic mass is 32.2. The lowest BCUT2D eigenvalue weighted by Gasteiger charge is -2.20. The van der Waals surface area contributed by atoms with Gasteiger partial charge in [-0.05, 0) is 58.4 Å². The fourth-order valence-corrected chi connectivity index (χ4v) is 5.21. The van der Waals surface area contributed by atoms with E-state index in [0.29, 0.717) is 0 Å². The Kier molecular flexibility index (Phi) is 8.90. The molecule has 35 heavy (non-hydrogen) atoms. The second-order valence-corrected chi connectivity index (χ2v) is 13.5. The number of rotatable bonds is 3. The van der Waals surface area contributed by atoms with Gasteiger partial charge in [-0.1, -0.05) is 84.0 Å². The lowest BCUT2D eigenvalue weighted by atomic mass is 9.87. The van der Waals surface area contributed by atoms with E-state index in [1.165, 1.54) is 25.8 Å².